The Labute approximate surface area is 94.2 Å². The van der Waals surface area contributed by atoms with Crippen molar-refractivity contribution >= 4 is 18.7 Å². The summed E-state index contributed by atoms with van der Waals surface area (Å²) in [6.07, 6.45) is 3.73. The predicted molar refractivity (Wildman–Crippen MR) is 63.5 cm³/mol. The van der Waals surface area contributed by atoms with Crippen LogP contribution >= 0.6 is 18.7 Å². The quantitative estimate of drug-likeness (QED) is 0.599. The average molecular weight is 248 g/mol. The first-order valence-corrected chi connectivity index (χ1v) is 8.04. The van der Waals surface area contributed by atoms with Gasteiger partial charge in [-0.3, -0.25) is 9.88 Å². The zero-order valence-electron chi connectivity index (χ0n) is 9.01. The van der Waals surface area contributed by atoms with Crippen LogP contribution < -0.4 is 5.32 Å². The Morgan fingerprint density at radius 1 is 1.73 bits per heavy atom. The minimum atomic E-state index is -3.17. The van der Waals surface area contributed by atoms with Crippen molar-refractivity contribution in [3.63, 3.8) is 0 Å². The van der Waals surface area contributed by atoms with E-state index < -0.39 is 13.2 Å². The van der Waals surface area contributed by atoms with E-state index in [-0.39, 0.29) is 0 Å². The fourth-order valence-electron chi connectivity index (χ4n) is 1.25. The molecule has 1 rings (SSSR count). The second-order valence-corrected chi connectivity index (χ2v) is 6.85. The van der Waals surface area contributed by atoms with Gasteiger partial charge in [0, 0.05) is 18.2 Å². The van der Waals surface area contributed by atoms with E-state index in [0.29, 0.717) is 5.01 Å². The van der Waals surface area contributed by atoms with Gasteiger partial charge in [-0.15, -0.1) is 11.3 Å². The van der Waals surface area contributed by atoms with Crippen molar-refractivity contribution in [1.29, 1.82) is 0 Å². The van der Waals surface area contributed by atoms with Crippen molar-refractivity contribution in [1.82, 2.24) is 10.3 Å². The summed E-state index contributed by atoms with van der Waals surface area (Å²) in [6, 6.07) is 0. The highest BCUT2D eigenvalue weighted by atomic mass is 32.1. The molecule has 1 heterocycles. The number of thiazole rings is 1. The summed E-state index contributed by atoms with van der Waals surface area (Å²) in [7, 11) is -3.17. The molecule has 0 bridgehead atoms. The van der Waals surface area contributed by atoms with E-state index in [2.05, 4.69) is 17.2 Å². The average Bonchev–Trinajstić information content (AvgIpc) is 2.63. The molecule has 4 nitrogen and oxygen atoms in total. The molecule has 0 saturated carbocycles. The van der Waals surface area contributed by atoms with Crippen molar-refractivity contribution in [3.05, 3.63) is 16.6 Å². The maximum atomic E-state index is 11.7. The lowest BCUT2D eigenvalue weighted by Gasteiger charge is -2.19. The van der Waals surface area contributed by atoms with Gasteiger partial charge in [0.1, 0.15) is 10.8 Å². The van der Waals surface area contributed by atoms with Crippen LogP contribution in [-0.4, -0.2) is 23.1 Å². The Bertz CT molecular complexity index is 323. The molecule has 1 aromatic rings. The van der Waals surface area contributed by atoms with E-state index in [1.807, 2.05) is 5.38 Å². The number of unbranched alkanes of at least 4 members (excludes halogenated alkanes) is 1. The van der Waals surface area contributed by atoms with Crippen LogP contribution in [0.1, 0.15) is 30.6 Å². The SMILES string of the molecule is CCCCNC(c1nccs1)P(C)(=O)O. The van der Waals surface area contributed by atoms with Gasteiger partial charge < -0.3 is 4.89 Å². The van der Waals surface area contributed by atoms with Crippen molar-refractivity contribution in [2.24, 2.45) is 0 Å². The smallest absolute Gasteiger partial charge is 0.220 e. The second-order valence-electron chi connectivity index (χ2n) is 3.52. The van der Waals surface area contributed by atoms with Gasteiger partial charge in [0.2, 0.25) is 7.37 Å². The minimum Gasteiger partial charge on any atom is -0.343 e. The number of aromatic nitrogens is 1. The van der Waals surface area contributed by atoms with Crippen LogP contribution in [0, 0.1) is 0 Å². The van der Waals surface area contributed by atoms with Gasteiger partial charge in [-0.1, -0.05) is 13.3 Å². The maximum absolute atomic E-state index is 11.7. The lowest BCUT2D eigenvalue weighted by atomic mass is 10.3. The van der Waals surface area contributed by atoms with Gasteiger partial charge in [-0.25, -0.2) is 4.98 Å². The van der Waals surface area contributed by atoms with Gasteiger partial charge in [0.15, 0.2) is 0 Å². The predicted octanol–water partition coefficient (Wildman–Crippen LogP) is 2.43. The zero-order chi connectivity index (χ0) is 11.3. The molecule has 0 spiro atoms. The molecule has 86 valence electrons. The fraction of sp³-hybridized carbons (Fsp3) is 0.667. The highest BCUT2D eigenvalue weighted by molar-refractivity contribution is 7.57. The molecule has 2 unspecified atom stereocenters. The molecule has 15 heavy (non-hydrogen) atoms. The summed E-state index contributed by atoms with van der Waals surface area (Å²) >= 11 is 1.41. The first kappa shape index (κ1) is 12.8. The van der Waals surface area contributed by atoms with E-state index in [1.165, 1.54) is 18.0 Å². The third kappa shape index (κ3) is 4.03. The Hall–Kier alpha value is -0.220. The normalized spacial score (nSPS) is 17.3. The Morgan fingerprint density at radius 2 is 2.47 bits per heavy atom. The Kier molecular flexibility index (Phi) is 4.93. The third-order valence-corrected chi connectivity index (χ3v) is 4.43. The molecular weight excluding hydrogens is 231 g/mol. The molecule has 0 saturated heterocycles. The van der Waals surface area contributed by atoms with Gasteiger partial charge in [-0.2, -0.15) is 0 Å². The van der Waals surface area contributed by atoms with Crippen LogP contribution in [0.25, 0.3) is 0 Å². The second kappa shape index (κ2) is 5.75. The van der Waals surface area contributed by atoms with Crippen molar-refractivity contribution in [2.45, 2.75) is 25.5 Å². The summed E-state index contributed by atoms with van der Waals surface area (Å²) in [5.74, 6) is -0.510. The molecule has 0 aliphatic rings. The lowest BCUT2D eigenvalue weighted by Crippen LogP contribution is -2.22. The zero-order valence-corrected chi connectivity index (χ0v) is 10.7. The molecule has 6 heteroatoms. The van der Waals surface area contributed by atoms with E-state index in [4.69, 9.17) is 0 Å². The molecule has 0 aromatic carbocycles. The maximum Gasteiger partial charge on any atom is 0.220 e. The standard InChI is InChI=1S/C9H17N2O2PS/c1-3-4-5-10-8(14(2,12)13)9-11-6-7-15-9/h6-8,10H,3-5H2,1-2H3,(H,12,13). The molecule has 0 aliphatic carbocycles. The molecular formula is C9H17N2O2PS. The minimum absolute atomic E-state index is 0.510. The monoisotopic (exact) mass is 248 g/mol. The van der Waals surface area contributed by atoms with Gasteiger partial charge in [0.05, 0.1) is 0 Å². The van der Waals surface area contributed by atoms with Crippen LogP contribution in [0.3, 0.4) is 0 Å². The molecule has 0 fully saturated rings. The van der Waals surface area contributed by atoms with E-state index >= 15 is 0 Å². The molecule has 2 atom stereocenters. The molecule has 0 radical (unpaired) electrons. The summed E-state index contributed by atoms with van der Waals surface area (Å²) < 4.78 is 11.7. The number of rotatable bonds is 6. The first-order valence-electron chi connectivity index (χ1n) is 4.98. The van der Waals surface area contributed by atoms with Crippen LogP contribution in [0.5, 0.6) is 0 Å². The van der Waals surface area contributed by atoms with Crippen LogP contribution in [0.2, 0.25) is 0 Å². The Balaban J connectivity index is 2.67. The largest absolute Gasteiger partial charge is 0.343 e. The van der Waals surface area contributed by atoms with Crippen LogP contribution in [0.15, 0.2) is 11.6 Å². The summed E-state index contributed by atoms with van der Waals surface area (Å²) in [5, 5.41) is 5.61. The molecule has 2 N–H and O–H groups in total. The fourth-order valence-corrected chi connectivity index (χ4v) is 3.56. The van der Waals surface area contributed by atoms with E-state index in [9.17, 15) is 9.46 Å². The summed E-state index contributed by atoms with van der Waals surface area (Å²) in [5.41, 5.74) is 0. The highest BCUT2D eigenvalue weighted by Crippen LogP contribution is 2.50. The lowest BCUT2D eigenvalue weighted by molar-refractivity contribution is 0.453. The van der Waals surface area contributed by atoms with Gasteiger partial charge in [-0.05, 0) is 13.0 Å². The summed E-state index contributed by atoms with van der Waals surface area (Å²) in [4.78, 5) is 13.7. The molecule has 0 aliphatic heterocycles. The van der Waals surface area contributed by atoms with Crippen molar-refractivity contribution < 1.29 is 9.46 Å². The van der Waals surface area contributed by atoms with Crippen LogP contribution in [0.4, 0.5) is 0 Å². The first-order chi connectivity index (χ1) is 7.05. The number of nitrogens with zero attached hydrogens (tertiary/aromatic N) is 1. The number of hydrogen-bond donors (Lipinski definition) is 2. The third-order valence-electron chi connectivity index (χ3n) is 2.03. The summed E-state index contributed by atoms with van der Waals surface area (Å²) in [6.45, 7) is 4.21. The highest BCUT2D eigenvalue weighted by Gasteiger charge is 2.28. The molecule has 1 aromatic heterocycles. The Morgan fingerprint density at radius 3 is 2.93 bits per heavy atom. The number of hydrogen-bond acceptors (Lipinski definition) is 4. The number of nitrogens with one attached hydrogen (secondary N) is 1. The van der Waals surface area contributed by atoms with Gasteiger partial charge in [0.25, 0.3) is 0 Å². The topological polar surface area (TPSA) is 62.2 Å². The molecule has 0 amide bonds. The van der Waals surface area contributed by atoms with Crippen LogP contribution in [-0.2, 0) is 4.57 Å². The van der Waals surface area contributed by atoms with Crippen molar-refractivity contribution in [2.75, 3.05) is 13.2 Å². The van der Waals surface area contributed by atoms with Gasteiger partial charge >= 0.3 is 0 Å². The van der Waals surface area contributed by atoms with Crippen molar-refractivity contribution in [3.8, 4) is 0 Å². The van der Waals surface area contributed by atoms with E-state index in [0.717, 1.165) is 19.4 Å². The van der Waals surface area contributed by atoms with E-state index in [1.54, 1.807) is 6.20 Å².